The van der Waals surface area contributed by atoms with Crippen molar-refractivity contribution in [2.24, 2.45) is 5.84 Å². The lowest BCUT2D eigenvalue weighted by atomic mass is 10.2. The summed E-state index contributed by atoms with van der Waals surface area (Å²) in [6.45, 7) is 7.29. The van der Waals surface area contributed by atoms with Crippen molar-refractivity contribution in [1.82, 2.24) is 19.9 Å². The first-order valence-corrected chi connectivity index (χ1v) is 6.44. The minimum absolute atomic E-state index is 0.298. The SMILES string of the molecule is CCOc1nc(NN)nc(N2CCN(C)C(C)C2)n1. The number of hydrogen-bond donors (Lipinski definition) is 2. The molecule has 8 nitrogen and oxygen atoms in total. The van der Waals surface area contributed by atoms with E-state index in [1.807, 2.05) is 6.92 Å². The van der Waals surface area contributed by atoms with Crippen molar-refractivity contribution in [1.29, 1.82) is 0 Å². The number of aromatic nitrogens is 3. The molecule has 0 aromatic carbocycles. The van der Waals surface area contributed by atoms with Crippen LogP contribution in [0.15, 0.2) is 0 Å². The van der Waals surface area contributed by atoms with Crippen molar-refractivity contribution in [2.45, 2.75) is 19.9 Å². The molecule has 1 aliphatic rings. The molecule has 1 aliphatic heterocycles. The minimum atomic E-state index is 0.298. The molecular formula is C11H21N7O. The zero-order valence-corrected chi connectivity index (χ0v) is 11.6. The smallest absolute Gasteiger partial charge is 0.323 e. The molecule has 19 heavy (non-hydrogen) atoms. The molecule has 0 radical (unpaired) electrons. The maximum absolute atomic E-state index is 5.38. The molecule has 0 spiro atoms. The van der Waals surface area contributed by atoms with Gasteiger partial charge in [-0.1, -0.05) is 0 Å². The highest BCUT2D eigenvalue weighted by atomic mass is 16.5. The molecule has 106 valence electrons. The van der Waals surface area contributed by atoms with Gasteiger partial charge in [-0.2, -0.15) is 15.0 Å². The van der Waals surface area contributed by atoms with Gasteiger partial charge in [-0.3, -0.25) is 5.43 Å². The van der Waals surface area contributed by atoms with Crippen LogP contribution in [0.5, 0.6) is 6.01 Å². The summed E-state index contributed by atoms with van der Waals surface area (Å²) in [5, 5.41) is 0. The fraction of sp³-hybridized carbons (Fsp3) is 0.727. The summed E-state index contributed by atoms with van der Waals surface area (Å²) in [6.07, 6.45) is 0. The van der Waals surface area contributed by atoms with Crippen LogP contribution in [-0.4, -0.2) is 59.2 Å². The number of ether oxygens (including phenoxy) is 1. The summed E-state index contributed by atoms with van der Waals surface area (Å²) >= 11 is 0. The lowest BCUT2D eigenvalue weighted by molar-refractivity contribution is 0.232. The van der Waals surface area contributed by atoms with E-state index < -0.39 is 0 Å². The van der Waals surface area contributed by atoms with E-state index >= 15 is 0 Å². The predicted molar refractivity (Wildman–Crippen MR) is 73.1 cm³/mol. The van der Waals surface area contributed by atoms with E-state index in [0.717, 1.165) is 19.6 Å². The van der Waals surface area contributed by atoms with Crippen LogP contribution in [-0.2, 0) is 0 Å². The molecule has 0 saturated carbocycles. The Labute approximate surface area is 112 Å². The molecule has 1 atom stereocenters. The van der Waals surface area contributed by atoms with Crippen LogP contribution in [0.1, 0.15) is 13.8 Å². The zero-order chi connectivity index (χ0) is 13.8. The Morgan fingerprint density at radius 2 is 2.16 bits per heavy atom. The zero-order valence-electron chi connectivity index (χ0n) is 11.6. The second kappa shape index (κ2) is 5.98. The number of nitrogens with zero attached hydrogens (tertiary/aromatic N) is 5. The first-order chi connectivity index (χ1) is 9.13. The number of hydrogen-bond acceptors (Lipinski definition) is 8. The van der Waals surface area contributed by atoms with Gasteiger partial charge in [0.25, 0.3) is 0 Å². The van der Waals surface area contributed by atoms with Crippen LogP contribution >= 0.6 is 0 Å². The van der Waals surface area contributed by atoms with E-state index in [0.29, 0.717) is 30.6 Å². The summed E-state index contributed by atoms with van der Waals surface area (Å²) in [5.41, 5.74) is 2.45. The van der Waals surface area contributed by atoms with Crippen molar-refractivity contribution in [2.75, 3.05) is 43.6 Å². The fourth-order valence-corrected chi connectivity index (χ4v) is 1.98. The van der Waals surface area contributed by atoms with E-state index in [4.69, 9.17) is 10.6 Å². The number of nitrogens with one attached hydrogen (secondary N) is 1. The second-order valence-corrected chi connectivity index (χ2v) is 4.59. The van der Waals surface area contributed by atoms with Crippen LogP contribution in [0, 0.1) is 0 Å². The number of likely N-dealkylation sites (N-methyl/N-ethyl adjacent to an activating group) is 1. The molecule has 3 N–H and O–H groups in total. The third-order valence-electron chi connectivity index (χ3n) is 3.25. The van der Waals surface area contributed by atoms with E-state index in [2.05, 4.69) is 44.1 Å². The maximum Gasteiger partial charge on any atom is 0.323 e. The van der Waals surface area contributed by atoms with Crippen LogP contribution in [0.4, 0.5) is 11.9 Å². The lowest BCUT2D eigenvalue weighted by Crippen LogP contribution is -2.50. The fourth-order valence-electron chi connectivity index (χ4n) is 1.98. The Morgan fingerprint density at radius 1 is 1.37 bits per heavy atom. The molecule has 8 heteroatoms. The third kappa shape index (κ3) is 3.21. The van der Waals surface area contributed by atoms with Gasteiger partial charge in [0.2, 0.25) is 11.9 Å². The summed E-state index contributed by atoms with van der Waals surface area (Å²) in [6, 6.07) is 0.752. The molecule has 0 aliphatic carbocycles. The summed E-state index contributed by atoms with van der Waals surface area (Å²) < 4.78 is 5.33. The van der Waals surface area contributed by atoms with Gasteiger partial charge >= 0.3 is 6.01 Å². The van der Waals surface area contributed by atoms with Crippen LogP contribution in [0.2, 0.25) is 0 Å². The van der Waals surface area contributed by atoms with Gasteiger partial charge in [0, 0.05) is 25.7 Å². The topological polar surface area (TPSA) is 92.4 Å². The Balaban J connectivity index is 2.20. The molecule has 1 saturated heterocycles. The van der Waals surface area contributed by atoms with E-state index in [-0.39, 0.29) is 0 Å². The van der Waals surface area contributed by atoms with E-state index in [1.165, 1.54) is 0 Å². The molecule has 0 amide bonds. The predicted octanol–water partition coefficient (Wildman–Crippen LogP) is -0.304. The normalized spacial score (nSPS) is 20.4. The maximum atomic E-state index is 5.38. The number of hydrazine groups is 1. The highest BCUT2D eigenvalue weighted by Gasteiger charge is 2.23. The van der Waals surface area contributed by atoms with Gasteiger partial charge in [0.15, 0.2) is 0 Å². The van der Waals surface area contributed by atoms with Crippen molar-refractivity contribution in [3.05, 3.63) is 0 Å². The molecule has 1 fully saturated rings. The molecule has 2 heterocycles. The van der Waals surface area contributed by atoms with Gasteiger partial charge in [-0.15, -0.1) is 0 Å². The standard InChI is InChI=1S/C11H21N7O/c1-4-19-11-14-9(16-12)13-10(15-11)18-6-5-17(3)8(2)7-18/h8H,4-7,12H2,1-3H3,(H,13,14,15,16). The number of rotatable bonds is 4. The molecule has 1 aromatic rings. The molecule has 1 aromatic heterocycles. The Bertz CT molecular complexity index is 428. The van der Waals surface area contributed by atoms with Crippen molar-refractivity contribution in [3.63, 3.8) is 0 Å². The Kier molecular flexibility index (Phi) is 4.33. The van der Waals surface area contributed by atoms with E-state index in [9.17, 15) is 0 Å². The second-order valence-electron chi connectivity index (χ2n) is 4.59. The van der Waals surface area contributed by atoms with Gasteiger partial charge in [0.1, 0.15) is 0 Å². The van der Waals surface area contributed by atoms with Crippen LogP contribution in [0.25, 0.3) is 0 Å². The largest absolute Gasteiger partial charge is 0.464 e. The molecule has 0 bridgehead atoms. The lowest BCUT2D eigenvalue weighted by Gasteiger charge is -2.37. The van der Waals surface area contributed by atoms with Crippen molar-refractivity contribution in [3.8, 4) is 6.01 Å². The van der Waals surface area contributed by atoms with Crippen LogP contribution < -0.4 is 20.9 Å². The number of nitrogens with two attached hydrogens (primary N) is 1. The Morgan fingerprint density at radius 3 is 2.79 bits per heavy atom. The van der Waals surface area contributed by atoms with Gasteiger partial charge < -0.3 is 14.5 Å². The van der Waals surface area contributed by atoms with Crippen molar-refractivity contribution >= 4 is 11.9 Å². The highest BCUT2D eigenvalue weighted by Crippen LogP contribution is 2.18. The highest BCUT2D eigenvalue weighted by molar-refractivity contribution is 5.38. The van der Waals surface area contributed by atoms with Gasteiger partial charge in [0.05, 0.1) is 6.61 Å². The van der Waals surface area contributed by atoms with Gasteiger partial charge in [-0.05, 0) is 20.9 Å². The first-order valence-electron chi connectivity index (χ1n) is 6.44. The average Bonchev–Trinajstić information content (AvgIpc) is 2.42. The number of anilines is 2. The Hall–Kier alpha value is -1.67. The average molecular weight is 267 g/mol. The van der Waals surface area contributed by atoms with Crippen LogP contribution in [0.3, 0.4) is 0 Å². The molecule has 2 rings (SSSR count). The summed E-state index contributed by atoms with van der Waals surface area (Å²) in [5.74, 6) is 6.30. The molecular weight excluding hydrogens is 246 g/mol. The molecule has 1 unspecified atom stereocenters. The monoisotopic (exact) mass is 267 g/mol. The summed E-state index contributed by atoms with van der Waals surface area (Å²) in [7, 11) is 2.12. The first kappa shape index (κ1) is 13.8. The minimum Gasteiger partial charge on any atom is -0.464 e. The third-order valence-corrected chi connectivity index (χ3v) is 3.25. The quantitative estimate of drug-likeness (QED) is 0.567. The summed E-state index contributed by atoms with van der Waals surface area (Å²) in [4.78, 5) is 17.1. The number of nitrogen functional groups attached to an aromatic ring is 1. The number of piperazine rings is 1. The van der Waals surface area contributed by atoms with E-state index in [1.54, 1.807) is 0 Å². The van der Waals surface area contributed by atoms with Gasteiger partial charge in [-0.25, -0.2) is 5.84 Å². The van der Waals surface area contributed by atoms with Crippen molar-refractivity contribution < 1.29 is 4.74 Å².